The molecule has 15 heteroatoms. The molecule has 4 rings (SSSR count). The van der Waals surface area contributed by atoms with Crippen LogP contribution in [-0.4, -0.2) is 127 Å². The average molecular weight is 625 g/mol. The number of aliphatic hydroxyl groups excluding tert-OH is 5. The van der Waals surface area contributed by atoms with E-state index >= 15 is 0 Å². The third-order valence-electron chi connectivity index (χ3n) is 7.31. The van der Waals surface area contributed by atoms with Crippen LogP contribution >= 0.6 is 0 Å². The molecule has 44 heavy (non-hydrogen) atoms. The number of aliphatic hydroxyl groups is 5. The normalized spacial score (nSPS) is 32.5. The van der Waals surface area contributed by atoms with Gasteiger partial charge in [0.25, 0.3) is 0 Å². The maximum Gasteiger partial charge on any atom is 0.331 e. The summed E-state index contributed by atoms with van der Waals surface area (Å²) in [5.74, 6) is -2.46. The van der Waals surface area contributed by atoms with Crippen LogP contribution in [0.25, 0.3) is 6.08 Å². The first-order valence-electron chi connectivity index (χ1n) is 13.7. The molecule has 2 aliphatic heterocycles. The SMILES string of the molecule is C[C@@H]1O[C@@H](O[C@@H]2[C@@H](O)[C@H](OCCc3cccc(O)c3O)O[C@H](CO)[C@H]2OC(=O)C=Cc2ccc(O)c(O)c2)[C@H](O)[C@H](O)[C@H]1O. The van der Waals surface area contributed by atoms with Crippen LogP contribution in [0.5, 0.6) is 23.0 Å². The highest BCUT2D eigenvalue weighted by atomic mass is 16.7. The summed E-state index contributed by atoms with van der Waals surface area (Å²) in [7, 11) is 0. The molecule has 0 amide bonds. The number of phenols is 4. The number of ether oxygens (including phenoxy) is 5. The van der Waals surface area contributed by atoms with Gasteiger partial charge < -0.3 is 69.6 Å². The van der Waals surface area contributed by atoms with Crippen molar-refractivity contribution in [3.05, 3.63) is 53.6 Å². The fraction of sp³-hybridized carbons (Fsp3) is 0.483. The zero-order chi connectivity index (χ0) is 32.1. The number of aromatic hydroxyl groups is 4. The molecule has 15 nitrogen and oxygen atoms in total. The summed E-state index contributed by atoms with van der Waals surface area (Å²) in [6.45, 7) is 0.513. The van der Waals surface area contributed by atoms with Crippen LogP contribution in [0.3, 0.4) is 0 Å². The Morgan fingerprint density at radius 2 is 1.61 bits per heavy atom. The van der Waals surface area contributed by atoms with Crippen LogP contribution in [0, 0.1) is 0 Å². The quantitative estimate of drug-likeness (QED) is 0.0873. The number of para-hydroxylation sites is 1. The summed E-state index contributed by atoms with van der Waals surface area (Å²) in [5, 5.41) is 91.1. The van der Waals surface area contributed by atoms with Crippen molar-refractivity contribution in [3.63, 3.8) is 0 Å². The van der Waals surface area contributed by atoms with Crippen molar-refractivity contribution in [1.29, 1.82) is 0 Å². The van der Waals surface area contributed by atoms with E-state index in [2.05, 4.69) is 0 Å². The molecule has 10 atom stereocenters. The molecule has 2 saturated heterocycles. The van der Waals surface area contributed by atoms with Crippen LogP contribution in [0.1, 0.15) is 18.1 Å². The topological polar surface area (TPSA) is 245 Å². The second-order valence-corrected chi connectivity index (χ2v) is 10.4. The third-order valence-corrected chi connectivity index (χ3v) is 7.31. The smallest absolute Gasteiger partial charge is 0.331 e. The van der Waals surface area contributed by atoms with E-state index in [0.717, 1.165) is 6.08 Å². The Bertz CT molecular complexity index is 1300. The molecule has 9 N–H and O–H groups in total. The third kappa shape index (κ3) is 7.58. The first-order valence-corrected chi connectivity index (χ1v) is 13.7. The number of hydrogen-bond donors (Lipinski definition) is 9. The Labute approximate surface area is 251 Å². The molecule has 2 heterocycles. The molecule has 2 fully saturated rings. The van der Waals surface area contributed by atoms with Crippen molar-refractivity contribution in [1.82, 2.24) is 0 Å². The summed E-state index contributed by atoms with van der Waals surface area (Å²) in [5.41, 5.74) is 0.665. The molecular formula is C29H36O15. The lowest BCUT2D eigenvalue weighted by Gasteiger charge is -2.46. The predicted molar refractivity (Wildman–Crippen MR) is 147 cm³/mol. The number of hydrogen-bond acceptors (Lipinski definition) is 15. The minimum absolute atomic E-state index is 0.0736. The number of carbonyl (C=O) groups is 1. The number of rotatable bonds is 10. The van der Waals surface area contributed by atoms with Crippen LogP contribution in [-0.2, 0) is 34.9 Å². The maximum absolute atomic E-state index is 12.8. The molecule has 0 aromatic heterocycles. The van der Waals surface area contributed by atoms with Crippen molar-refractivity contribution < 1.29 is 74.4 Å². The highest BCUT2D eigenvalue weighted by Crippen LogP contribution is 2.33. The molecule has 2 aromatic rings. The van der Waals surface area contributed by atoms with Crippen molar-refractivity contribution in [2.75, 3.05) is 13.2 Å². The minimum Gasteiger partial charge on any atom is -0.504 e. The van der Waals surface area contributed by atoms with Gasteiger partial charge in [0.05, 0.1) is 19.3 Å². The van der Waals surface area contributed by atoms with Crippen molar-refractivity contribution in [2.24, 2.45) is 0 Å². The summed E-state index contributed by atoms with van der Waals surface area (Å²) in [6, 6.07) is 8.17. The molecule has 2 aliphatic rings. The van der Waals surface area contributed by atoms with E-state index in [-0.39, 0.29) is 30.3 Å². The van der Waals surface area contributed by atoms with Crippen LogP contribution in [0.4, 0.5) is 0 Å². The second kappa shape index (κ2) is 14.5. The highest BCUT2D eigenvalue weighted by molar-refractivity contribution is 5.87. The lowest BCUT2D eigenvalue weighted by atomic mass is 9.97. The number of benzene rings is 2. The van der Waals surface area contributed by atoms with E-state index in [1.54, 1.807) is 6.07 Å². The molecule has 0 spiro atoms. The van der Waals surface area contributed by atoms with Crippen LogP contribution in [0.2, 0.25) is 0 Å². The molecule has 242 valence electrons. The summed E-state index contributed by atoms with van der Waals surface area (Å²) < 4.78 is 28.1. The van der Waals surface area contributed by atoms with Gasteiger partial charge in [-0.3, -0.25) is 0 Å². The average Bonchev–Trinajstić information content (AvgIpc) is 3.00. The highest BCUT2D eigenvalue weighted by Gasteiger charge is 2.52. The van der Waals surface area contributed by atoms with Crippen LogP contribution < -0.4 is 0 Å². The van der Waals surface area contributed by atoms with E-state index in [9.17, 15) is 50.8 Å². The Balaban J connectivity index is 1.53. The lowest BCUT2D eigenvalue weighted by Crippen LogP contribution is -2.65. The molecule has 0 aliphatic carbocycles. The standard InChI is InChI=1S/C29H36O15/c1-13-21(35)23(37)24(38)29(41-13)44-27-25(39)28(40-10-9-15-3-2-4-17(32)22(15)36)42-19(12-30)26(27)43-20(34)8-6-14-5-7-16(31)18(33)11-14/h2-8,11,13,19,21,23-33,35-39H,9-10,12H2,1H3/t13-,19+,21-,23+,24+,25+,26+,27+,28+,29-/m0/s1. The second-order valence-electron chi connectivity index (χ2n) is 10.4. The van der Waals surface area contributed by atoms with Gasteiger partial charge in [-0.25, -0.2) is 4.79 Å². The molecule has 0 unspecified atom stereocenters. The monoisotopic (exact) mass is 624 g/mol. The zero-order valence-electron chi connectivity index (χ0n) is 23.5. The number of phenolic OH excluding ortho intramolecular Hbond substituents is 4. The minimum atomic E-state index is -1.78. The summed E-state index contributed by atoms with van der Waals surface area (Å²) in [6.07, 6.45) is -12.9. The molecule has 0 saturated carbocycles. The zero-order valence-corrected chi connectivity index (χ0v) is 23.5. The first-order chi connectivity index (χ1) is 20.9. The predicted octanol–water partition coefficient (Wildman–Crippen LogP) is -1.02. The fourth-order valence-electron chi connectivity index (χ4n) is 4.80. The van der Waals surface area contributed by atoms with Crippen LogP contribution in [0.15, 0.2) is 42.5 Å². The van der Waals surface area contributed by atoms with Crippen molar-refractivity contribution >= 4 is 12.0 Å². The Hall–Kier alpha value is -3.51. The van der Waals surface area contributed by atoms with E-state index in [0.29, 0.717) is 11.1 Å². The molecule has 0 bridgehead atoms. The van der Waals surface area contributed by atoms with Gasteiger partial charge in [0, 0.05) is 11.6 Å². The maximum atomic E-state index is 12.8. The van der Waals surface area contributed by atoms with Crippen molar-refractivity contribution in [2.45, 2.75) is 74.8 Å². The van der Waals surface area contributed by atoms with Gasteiger partial charge in [0.2, 0.25) is 0 Å². The molecule has 2 aromatic carbocycles. The Morgan fingerprint density at radius 1 is 0.864 bits per heavy atom. The summed E-state index contributed by atoms with van der Waals surface area (Å²) in [4.78, 5) is 12.8. The summed E-state index contributed by atoms with van der Waals surface area (Å²) >= 11 is 0. The van der Waals surface area contributed by atoms with Gasteiger partial charge in [0.1, 0.15) is 36.6 Å². The van der Waals surface area contributed by atoms with E-state index in [1.165, 1.54) is 43.3 Å². The van der Waals surface area contributed by atoms with Gasteiger partial charge in [0.15, 0.2) is 41.7 Å². The Morgan fingerprint density at radius 3 is 2.32 bits per heavy atom. The van der Waals surface area contributed by atoms with Gasteiger partial charge in [-0.15, -0.1) is 0 Å². The van der Waals surface area contributed by atoms with E-state index < -0.39 is 79.7 Å². The molecule has 0 radical (unpaired) electrons. The van der Waals surface area contributed by atoms with Gasteiger partial charge in [-0.05, 0) is 43.2 Å². The lowest BCUT2D eigenvalue weighted by molar-refractivity contribution is -0.357. The number of carbonyl (C=O) groups excluding carboxylic acids is 1. The van der Waals surface area contributed by atoms with Gasteiger partial charge in [-0.1, -0.05) is 18.2 Å². The van der Waals surface area contributed by atoms with Gasteiger partial charge in [-0.2, -0.15) is 0 Å². The van der Waals surface area contributed by atoms with Crippen molar-refractivity contribution in [3.8, 4) is 23.0 Å². The van der Waals surface area contributed by atoms with Gasteiger partial charge >= 0.3 is 5.97 Å². The van der Waals surface area contributed by atoms with E-state index in [4.69, 9.17) is 23.7 Å². The number of esters is 1. The Kier molecular flexibility index (Phi) is 11.0. The van der Waals surface area contributed by atoms with E-state index in [1.807, 2.05) is 0 Å². The first kappa shape index (κ1) is 33.4. The fourth-order valence-corrected chi connectivity index (χ4v) is 4.80. The molecular weight excluding hydrogens is 588 g/mol. The largest absolute Gasteiger partial charge is 0.504 e.